The van der Waals surface area contributed by atoms with Gasteiger partial charge in [-0.15, -0.1) is 0 Å². The van der Waals surface area contributed by atoms with Gasteiger partial charge in [0.05, 0.1) is 0 Å². The molecule has 3 nitrogen and oxygen atoms in total. The first-order chi connectivity index (χ1) is 4.91. The standard InChI is InChI=1S/C7H19N3/c1-2-3-4-5-6-7-9-10-8/h9-10H,2-8H2,1H3. The lowest BCUT2D eigenvalue weighted by atomic mass is 10.2. The maximum absolute atomic E-state index is 5.01. The van der Waals surface area contributed by atoms with Crippen LogP contribution in [0.25, 0.3) is 0 Å². The highest BCUT2D eigenvalue weighted by Gasteiger charge is 1.86. The summed E-state index contributed by atoms with van der Waals surface area (Å²) >= 11 is 0. The molecular formula is C7H19N3. The molecular weight excluding hydrogens is 126 g/mol. The zero-order valence-electron chi connectivity index (χ0n) is 6.82. The number of nitrogens with one attached hydrogen (secondary N) is 2. The fraction of sp³-hybridized carbons (Fsp3) is 1.00. The zero-order chi connectivity index (χ0) is 7.66. The van der Waals surface area contributed by atoms with Crippen molar-refractivity contribution >= 4 is 0 Å². The van der Waals surface area contributed by atoms with Crippen molar-refractivity contribution in [2.24, 2.45) is 5.84 Å². The van der Waals surface area contributed by atoms with Gasteiger partial charge in [0.15, 0.2) is 0 Å². The second-order valence-electron chi connectivity index (χ2n) is 2.49. The van der Waals surface area contributed by atoms with Crippen molar-refractivity contribution in [3.8, 4) is 0 Å². The van der Waals surface area contributed by atoms with Crippen LogP contribution in [0.4, 0.5) is 0 Å². The molecule has 0 aromatic carbocycles. The van der Waals surface area contributed by atoms with Gasteiger partial charge in [0.1, 0.15) is 0 Å². The highest BCUT2D eigenvalue weighted by atomic mass is 15.5. The summed E-state index contributed by atoms with van der Waals surface area (Å²) in [5.74, 6) is 5.01. The molecule has 0 saturated heterocycles. The molecule has 0 aliphatic rings. The lowest BCUT2D eigenvalue weighted by Gasteiger charge is -2.00. The molecule has 0 fully saturated rings. The molecule has 0 aromatic heterocycles. The Labute approximate surface area is 63.3 Å². The molecule has 0 bridgehead atoms. The van der Waals surface area contributed by atoms with Crippen LogP contribution in [0.1, 0.15) is 39.0 Å². The molecule has 0 spiro atoms. The van der Waals surface area contributed by atoms with E-state index in [9.17, 15) is 0 Å². The lowest BCUT2D eigenvalue weighted by Crippen LogP contribution is -2.38. The number of rotatable bonds is 7. The van der Waals surface area contributed by atoms with E-state index < -0.39 is 0 Å². The molecule has 0 atom stereocenters. The van der Waals surface area contributed by atoms with Crippen molar-refractivity contribution in [3.63, 3.8) is 0 Å². The largest absolute Gasteiger partial charge is 0.258 e. The predicted molar refractivity (Wildman–Crippen MR) is 44.1 cm³/mol. The van der Waals surface area contributed by atoms with E-state index in [1.807, 2.05) is 0 Å². The first-order valence-electron chi connectivity index (χ1n) is 4.10. The quantitative estimate of drug-likeness (QED) is 0.284. The van der Waals surface area contributed by atoms with Crippen molar-refractivity contribution in [1.82, 2.24) is 11.0 Å². The average molecular weight is 145 g/mol. The molecule has 0 heterocycles. The van der Waals surface area contributed by atoms with Crippen LogP contribution < -0.4 is 16.8 Å². The molecule has 3 heteroatoms. The first-order valence-corrected chi connectivity index (χ1v) is 4.10. The Hall–Kier alpha value is -0.120. The van der Waals surface area contributed by atoms with E-state index >= 15 is 0 Å². The summed E-state index contributed by atoms with van der Waals surface area (Å²) in [5, 5.41) is 0. The number of nitrogens with two attached hydrogens (primary N) is 1. The zero-order valence-corrected chi connectivity index (χ0v) is 6.82. The molecule has 0 radical (unpaired) electrons. The minimum Gasteiger partial charge on any atom is -0.258 e. The van der Waals surface area contributed by atoms with Gasteiger partial charge in [0.25, 0.3) is 0 Å². The Morgan fingerprint density at radius 1 is 1.10 bits per heavy atom. The van der Waals surface area contributed by atoms with Crippen molar-refractivity contribution in [3.05, 3.63) is 0 Å². The van der Waals surface area contributed by atoms with Crippen molar-refractivity contribution in [2.45, 2.75) is 39.0 Å². The van der Waals surface area contributed by atoms with Crippen LogP contribution in [-0.2, 0) is 0 Å². The summed E-state index contributed by atoms with van der Waals surface area (Å²) in [5.41, 5.74) is 5.26. The highest BCUT2D eigenvalue weighted by Crippen LogP contribution is 2.00. The number of hydrogen-bond acceptors (Lipinski definition) is 3. The number of hydrogen-bond donors (Lipinski definition) is 3. The van der Waals surface area contributed by atoms with E-state index in [4.69, 9.17) is 5.84 Å². The smallest absolute Gasteiger partial charge is 0.0113 e. The van der Waals surface area contributed by atoms with E-state index in [0.29, 0.717) is 0 Å². The van der Waals surface area contributed by atoms with Crippen LogP contribution in [0.15, 0.2) is 0 Å². The molecule has 0 aliphatic carbocycles. The molecule has 0 unspecified atom stereocenters. The van der Waals surface area contributed by atoms with Gasteiger partial charge in [-0.25, -0.2) is 5.43 Å². The van der Waals surface area contributed by atoms with Gasteiger partial charge in [0.2, 0.25) is 0 Å². The molecule has 10 heavy (non-hydrogen) atoms. The van der Waals surface area contributed by atoms with Crippen molar-refractivity contribution in [1.29, 1.82) is 0 Å². The minimum absolute atomic E-state index is 0.972. The Bertz CT molecular complexity index is 48.8. The van der Waals surface area contributed by atoms with Gasteiger partial charge in [-0.2, -0.15) is 5.53 Å². The van der Waals surface area contributed by atoms with E-state index in [1.54, 1.807) is 0 Å². The normalized spacial score (nSPS) is 10.2. The second-order valence-corrected chi connectivity index (χ2v) is 2.49. The van der Waals surface area contributed by atoms with Crippen LogP contribution in [0.5, 0.6) is 0 Å². The van der Waals surface area contributed by atoms with E-state index in [1.165, 1.54) is 32.1 Å². The third kappa shape index (κ3) is 7.88. The maximum Gasteiger partial charge on any atom is 0.0113 e. The summed E-state index contributed by atoms with van der Waals surface area (Å²) in [6, 6.07) is 0. The van der Waals surface area contributed by atoms with E-state index in [-0.39, 0.29) is 0 Å². The van der Waals surface area contributed by atoms with E-state index in [0.717, 1.165) is 6.54 Å². The van der Waals surface area contributed by atoms with E-state index in [2.05, 4.69) is 17.9 Å². The Kier molecular flexibility index (Phi) is 8.77. The van der Waals surface area contributed by atoms with Crippen LogP contribution in [-0.4, -0.2) is 6.54 Å². The summed E-state index contributed by atoms with van der Waals surface area (Å²) in [4.78, 5) is 0. The average Bonchev–Trinajstić information content (AvgIpc) is 1.97. The number of unbranched alkanes of at least 4 members (excludes halogenated alkanes) is 4. The van der Waals surface area contributed by atoms with Gasteiger partial charge >= 0.3 is 0 Å². The van der Waals surface area contributed by atoms with Gasteiger partial charge < -0.3 is 0 Å². The third-order valence-electron chi connectivity index (χ3n) is 1.51. The Balaban J connectivity index is 2.65. The maximum atomic E-state index is 5.01. The van der Waals surface area contributed by atoms with Crippen LogP contribution in [0.3, 0.4) is 0 Å². The fourth-order valence-corrected chi connectivity index (χ4v) is 0.889. The Morgan fingerprint density at radius 3 is 2.40 bits per heavy atom. The minimum atomic E-state index is 0.972. The second kappa shape index (κ2) is 8.88. The molecule has 0 saturated carbocycles. The molecule has 0 aliphatic heterocycles. The van der Waals surface area contributed by atoms with Crippen LogP contribution in [0.2, 0.25) is 0 Å². The number of hydrazine groups is 2. The SMILES string of the molecule is CCCCCCCNNN. The first kappa shape index (κ1) is 9.88. The lowest BCUT2D eigenvalue weighted by molar-refractivity contribution is 0.516. The third-order valence-corrected chi connectivity index (χ3v) is 1.51. The fourth-order valence-electron chi connectivity index (χ4n) is 0.889. The van der Waals surface area contributed by atoms with Gasteiger partial charge in [-0.05, 0) is 6.42 Å². The van der Waals surface area contributed by atoms with Gasteiger partial charge in [-0.1, -0.05) is 32.6 Å². The molecule has 0 amide bonds. The van der Waals surface area contributed by atoms with Crippen LogP contribution >= 0.6 is 0 Å². The molecule has 4 N–H and O–H groups in total. The van der Waals surface area contributed by atoms with Crippen molar-refractivity contribution in [2.75, 3.05) is 6.54 Å². The summed E-state index contributed by atoms with van der Waals surface area (Å²) in [6.07, 6.45) is 6.54. The monoisotopic (exact) mass is 145 g/mol. The van der Waals surface area contributed by atoms with Crippen molar-refractivity contribution < 1.29 is 0 Å². The predicted octanol–water partition coefficient (Wildman–Crippen LogP) is 0.925. The topological polar surface area (TPSA) is 50.1 Å². The molecule has 62 valence electrons. The summed E-state index contributed by atoms with van der Waals surface area (Å²) in [6.45, 7) is 3.19. The van der Waals surface area contributed by atoms with Gasteiger partial charge in [-0.3, -0.25) is 5.84 Å². The molecule has 0 rings (SSSR count). The molecule has 0 aromatic rings. The highest BCUT2D eigenvalue weighted by molar-refractivity contribution is 4.43. The summed E-state index contributed by atoms with van der Waals surface area (Å²) in [7, 11) is 0. The summed E-state index contributed by atoms with van der Waals surface area (Å²) < 4.78 is 0. The Morgan fingerprint density at radius 2 is 1.80 bits per heavy atom. The van der Waals surface area contributed by atoms with Crippen LogP contribution in [0, 0.1) is 0 Å². The van der Waals surface area contributed by atoms with Gasteiger partial charge in [0, 0.05) is 6.54 Å².